The van der Waals surface area contributed by atoms with Crippen molar-refractivity contribution in [3.05, 3.63) is 27.0 Å². The quantitative estimate of drug-likeness (QED) is 0.752. The highest BCUT2D eigenvalue weighted by Gasteiger charge is 2.10. The predicted octanol–water partition coefficient (Wildman–Crippen LogP) is 1.95. The van der Waals surface area contributed by atoms with Crippen molar-refractivity contribution in [2.75, 3.05) is 5.48 Å². The van der Waals surface area contributed by atoms with Gasteiger partial charge in [0, 0.05) is 0 Å². The Kier molecular flexibility index (Phi) is 1.86. The first-order valence-electron chi connectivity index (χ1n) is 3.33. The number of hydrogen-bond acceptors (Lipinski definition) is 5. The first-order chi connectivity index (χ1) is 6.22. The molecule has 5 nitrogen and oxygen atoms in total. The smallest absolute Gasteiger partial charge is 0.230 e. The van der Waals surface area contributed by atoms with E-state index in [0.29, 0.717) is 4.47 Å². The lowest BCUT2D eigenvalue weighted by molar-refractivity contribution is 0.364. The molecule has 0 amide bonds. The van der Waals surface area contributed by atoms with E-state index in [1.54, 1.807) is 5.48 Å². The highest BCUT2D eigenvalue weighted by atomic mass is 79.9. The summed E-state index contributed by atoms with van der Waals surface area (Å²) in [6.45, 7) is 0. The highest BCUT2D eigenvalue weighted by Crippen LogP contribution is 2.25. The minimum Gasteiger partial charge on any atom is -0.456 e. The lowest BCUT2D eigenvalue weighted by atomic mass is 10.4. The van der Waals surface area contributed by atoms with Gasteiger partial charge in [-0.05, 0) is 15.9 Å². The van der Waals surface area contributed by atoms with Crippen molar-refractivity contribution in [2.24, 2.45) is 0 Å². The standard InChI is InChI=1S/C7H4BrNO4/c8-3-2-12-7-4(10)1-5(9-11)13-6(3)7/h1-2,9,11H. The van der Waals surface area contributed by atoms with Gasteiger partial charge in [-0.2, -0.15) is 0 Å². The minimum absolute atomic E-state index is 0.0281. The van der Waals surface area contributed by atoms with Gasteiger partial charge in [-0.25, -0.2) is 5.48 Å². The zero-order chi connectivity index (χ0) is 9.42. The van der Waals surface area contributed by atoms with E-state index in [4.69, 9.17) is 14.0 Å². The molecule has 0 saturated heterocycles. The third kappa shape index (κ3) is 1.24. The summed E-state index contributed by atoms with van der Waals surface area (Å²) in [5.41, 5.74) is 1.77. The highest BCUT2D eigenvalue weighted by molar-refractivity contribution is 9.10. The van der Waals surface area contributed by atoms with Crippen molar-refractivity contribution in [3.8, 4) is 0 Å². The molecular formula is C7H4BrNO4. The lowest BCUT2D eigenvalue weighted by Gasteiger charge is -1.95. The molecule has 2 heterocycles. The molecule has 0 radical (unpaired) electrons. The van der Waals surface area contributed by atoms with E-state index >= 15 is 0 Å². The van der Waals surface area contributed by atoms with Gasteiger partial charge in [0.2, 0.25) is 16.9 Å². The molecule has 0 bridgehead atoms. The molecule has 2 N–H and O–H groups in total. The lowest BCUT2D eigenvalue weighted by Crippen LogP contribution is -2.00. The molecule has 0 unspecified atom stereocenters. The van der Waals surface area contributed by atoms with Gasteiger partial charge < -0.3 is 8.83 Å². The summed E-state index contributed by atoms with van der Waals surface area (Å²) in [7, 11) is 0. The van der Waals surface area contributed by atoms with E-state index in [2.05, 4.69) is 15.9 Å². The van der Waals surface area contributed by atoms with Crippen LogP contribution in [0.2, 0.25) is 0 Å². The van der Waals surface area contributed by atoms with Crippen LogP contribution in [0.15, 0.2) is 30.4 Å². The number of halogens is 1. The van der Waals surface area contributed by atoms with E-state index < -0.39 is 0 Å². The largest absolute Gasteiger partial charge is 0.456 e. The number of furan rings is 1. The Balaban J connectivity index is 2.88. The third-order valence-electron chi connectivity index (χ3n) is 1.51. The number of fused-ring (bicyclic) bond motifs is 1. The predicted molar refractivity (Wildman–Crippen MR) is 47.9 cm³/mol. The molecule has 0 aliphatic rings. The number of hydrogen-bond donors (Lipinski definition) is 2. The normalized spacial score (nSPS) is 10.6. The molecule has 6 heteroatoms. The average molecular weight is 246 g/mol. The fraction of sp³-hybridized carbons (Fsp3) is 0. The van der Waals surface area contributed by atoms with Gasteiger partial charge in [-0.15, -0.1) is 0 Å². The second-order valence-electron chi connectivity index (χ2n) is 2.33. The maximum atomic E-state index is 11.2. The summed E-state index contributed by atoms with van der Waals surface area (Å²) >= 11 is 3.13. The summed E-state index contributed by atoms with van der Waals surface area (Å²) in [6, 6.07) is 1.10. The Morgan fingerprint density at radius 1 is 1.46 bits per heavy atom. The van der Waals surface area contributed by atoms with Crippen LogP contribution in [-0.2, 0) is 0 Å². The topological polar surface area (TPSA) is 75.6 Å². The summed E-state index contributed by atoms with van der Waals surface area (Å²) < 4.78 is 10.5. The summed E-state index contributed by atoms with van der Waals surface area (Å²) in [4.78, 5) is 11.2. The van der Waals surface area contributed by atoms with Gasteiger partial charge >= 0.3 is 0 Å². The van der Waals surface area contributed by atoms with E-state index in [1.165, 1.54) is 6.26 Å². The summed E-state index contributed by atoms with van der Waals surface area (Å²) in [5.74, 6) is -0.0281. The fourth-order valence-corrected chi connectivity index (χ4v) is 1.32. The number of nitrogens with one attached hydrogen (secondary N) is 1. The molecule has 0 fully saturated rings. The van der Waals surface area contributed by atoms with Crippen LogP contribution in [0.5, 0.6) is 0 Å². The van der Waals surface area contributed by atoms with E-state index in [1.807, 2.05) is 0 Å². The Morgan fingerprint density at radius 2 is 2.23 bits per heavy atom. The van der Waals surface area contributed by atoms with Crippen LogP contribution in [0.1, 0.15) is 0 Å². The van der Waals surface area contributed by atoms with Crippen molar-refractivity contribution in [2.45, 2.75) is 0 Å². The molecule has 0 atom stereocenters. The van der Waals surface area contributed by atoms with Gasteiger partial charge in [-0.3, -0.25) is 10.0 Å². The molecule has 0 spiro atoms. The van der Waals surface area contributed by atoms with E-state index in [-0.39, 0.29) is 22.5 Å². The van der Waals surface area contributed by atoms with Crippen LogP contribution < -0.4 is 10.9 Å². The molecule has 0 aliphatic heterocycles. The Bertz CT molecular complexity index is 501. The molecule has 0 aromatic carbocycles. The molecule has 2 aromatic heterocycles. The third-order valence-corrected chi connectivity index (χ3v) is 2.06. The van der Waals surface area contributed by atoms with Crippen LogP contribution in [0.4, 0.5) is 5.88 Å². The monoisotopic (exact) mass is 245 g/mol. The van der Waals surface area contributed by atoms with Crippen molar-refractivity contribution in [3.63, 3.8) is 0 Å². The van der Waals surface area contributed by atoms with Crippen molar-refractivity contribution in [1.29, 1.82) is 0 Å². The molecule has 0 saturated carbocycles. The van der Waals surface area contributed by atoms with Gasteiger partial charge in [0.1, 0.15) is 6.26 Å². The van der Waals surface area contributed by atoms with Crippen molar-refractivity contribution < 1.29 is 14.0 Å². The number of anilines is 1. The molecule has 2 rings (SSSR count). The molecular weight excluding hydrogens is 242 g/mol. The first kappa shape index (κ1) is 8.33. The molecule has 13 heavy (non-hydrogen) atoms. The first-order valence-corrected chi connectivity index (χ1v) is 4.12. The van der Waals surface area contributed by atoms with Gasteiger partial charge in [0.15, 0.2) is 5.58 Å². The maximum absolute atomic E-state index is 11.2. The minimum atomic E-state index is -0.358. The van der Waals surface area contributed by atoms with E-state index in [0.717, 1.165) is 6.07 Å². The maximum Gasteiger partial charge on any atom is 0.230 e. The fourth-order valence-electron chi connectivity index (χ4n) is 0.970. The second-order valence-corrected chi connectivity index (χ2v) is 3.18. The molecule has 0 aliphatic carbocycles. The second kappa shape index (κ2) is 2.90. The van der Waals surface area contributed by atoms with Crippen LogP contribution in [0.25, 0.3) is 11.2 Å². The molecule has 68 valence electrons. The Hall–Kier alpha value is -1.27. The van der Waals surface area contributed by atoms with Crippen LogP contribution >= 0.6 is 15.9 Å². The average Bonchev–Trinajstić information content (AvgIpc) is 2.48. The zero-order valence-corrected chi connectivity index (χ0v) is 7.79. The van der Waals surface area contributed by atoms with Crippen molar-refractivity contribution >= 4 is 33.0 Å². The van der Waals surface area contributed by atoms with Gasteiger partial charge in [0.25, 0.3) is 0 Å². The van der Waals surface area contributed by atoms with Crippen LogP contribution in [-0.4, -0.2) is 5.21 Å². The van der Waals surface area contributed by atoms with Crippen molar-refractivity contribution in [1.82, 2.24) is 0 Å². The molecule has 2 aromatic rings. The summed E-state index contributed by atoms with van der Waals surface area (Å²) in [6.07, 6.45) is 1.34. The van der Waals surface area contributed by atoms with Gasteiger partial charge in [-0.1, -0.05) is 0 Å². The number of rotatable bonds is 1. The SMILES string of the molecule is O=c1cc(NO)oc2c(Br)coc12. The summed E-state index contributed by atoms with van der Waals surface area (Å²) in [5, 5.41) is 8.52. The zero-order valence-electron chi connectivity index (χ0n) is 6.20. The van der Waals surface area contributed by atoms with E-state index in [9.17, 15) is 4.79 Å². The van der Waals surface area contributed by atoms with Gasteiger partial charge in [0.05, 0.1) is 10.5 Å². The van der Waals surface area contributed by atoms with Crippen LogP contribution in [0, 0.1) is 0 Å². The van der Waals surface area contributed by atoms with Crippen LogP contribution in [0.3, 0.4) is 0 Å². The Labute approximate surface area is 80.0 Å². The Morgan fingerprint density at radius 3 is 2.92 bits per heavy atom.